The van der Waals surface area contributed by atoms with E-state index in [1.807, 2.05) is 0 Å². The SMILES string of the molecule is CC(=O)[CH-]C(C)=O.[Rh].c1ccc([C@H]2CC[C@H](c3ccccc3)[PH+]2CC[PH+]2[C@@H](c3ccccc3)CC[C@@H]2c2ccccc2)cc1. The first-order valence-electron chi connectivity index (χ1n) is 15.8. The minimum atomic E-state index is -0.564. The quantitative estimate of drug-likeness (QED) is 0.0750. The molecule has 0 saturated carbocycles. The molecule has 1 radical (unpaired) electrons. The number of benzene rings is 4. The third-order valence-corrected chi connectivity index (χ3v) is 17.4. The van der Waals surface area contributed by atoms with E-state index in [9.17, 15) is 9.59 Å². The molecule has 5 heteroatoms. The second-order valence-electron chi connectivity index (χ2n) is 12.0. The van der Waals surface area contributed by atoms with Gasteiger partial charge in [0.05, 0.1) is 35.0 Å². The molecule has 0 aliphatic carbocycles. The van der Waals surface area contributed by atoms with Crippen molar-refractivity contribution in [1.82, 2.24) is 0 Å². The summed E-state index contributed by atoms with van der Waals surface area (Å²) < 4.78 is 0. The van der Waals surface area contributed by atoms with Crippen molar-refractivity contribution in [3.05, 3.63) is 150 Å². The van der Waals surface area contributed by atoms with Crippen molar-refractivity contribution in [3.8, 4) is 0 Å². The Bertz CT molecular complexity index is 1230. The molecule has 2 nitrogen and oxygen atoms in total. The molecule has 0 unspecified atom stereocenters. The van der Waals surface area contributed by atoms with Gasteiger partial charge < -0.3 is 9.59 Å². The second-order valence-corrected chi connectivity index (χ2v) is 18.1. The fourth-order valence-electron chi connectivity index (χ4n) is 7.43. The third kappa shape index (κ3) is 9.07. The van der Waals surface area contributed by atoms with E-state index in [4.69, 9.17) is 0 Å². The fourth-order valence-corrected chi connectivity index (χ4v) is 16.7. The van der Waals surface area contributed by atoms with Crippen LogP contribution in [0.15, 0.2) is 121 Å². The molecular weight excluding hydrogens is 665 g/mol. The van der Waals surface area contributed by atoms with Crippen LogP contribution in [0.2, 0.25) is 0 Å². The molecule has 6 rings (SSSR count). The van der Waals surface area contributed by atoms with Crippen LogP contribution >= 0.6 is 15.8 Å². The van der Waals surface area contributed by atoms with E-state index in [2.05, 4.69) is 121 Å². The van der Waals surface area contributed by atoms with Gasteiger partial charge in [-0.15, -0.1) is 0 Å². The summed E-state index contributed by atoms with van der Waals surface area (Å²) in [6, 6.07) is 46.0. The molecule has 2 saturated heterocycles. The van der Waals surface area contributed by atoms with E-state index >= 15 is 0 Å². The summed E-state index contributed by atoms with van der Waals surface area (Å²) in [6.45, 7) is 2.70. The van der Waals surface area contributed by atoms with Crippen molar-refractivity contribution in [3.63, 3.8) is 0 Å². The molecule has 0 N–H and O–H groups in total. The summed E-state index contributed by atoms with van der Waals surface area (Å²) in [6.07, 6.45) is 9.44. The van der Waals surface area contributed by atoms with Crippen LogP contribution in [0.25, 0.3) is 0 Å². The van der Waals surface area contributed by atoms with E-state index in [1.54, 1.807) is 22.3 Å². The Hall–Kier alpha value is -2.43. The number of Topliss-reactive ketones (excluding diaryl/α,β-unsaturated/α-hetero) is 2. The number of carbonyl (C=O) groups is 2. The molecule has 0 aromatic heterocycles. The monoisotopic (exact) mass is 710 g/mol. The fraction of sp³-hybridized carbons (Fsp3) is 0.308. The summed E-state index contributed by atoms with van der Waals surface area (Å²) in [5.41, 5.74) is 9.57. The van der Waals surface area contributed by atoms with Gasteiger partial charge in [-0.2, -0.15) is 0 Å². The smallest absolute Gasteiger partial charge is 0.0931 e. The summed E-state index contributed by atoms with van der Waals surface area (Å²) in [7, 11) is -1.13. The van der Waals surface area contributed by atoms with E-state index < -0.39 is 15.8 Å². The van der Waals surface area contributed by atoms with Crippen molar-refractivity contribution in [1.29, 1.82) is 0 Å². The van der Waals surface area contributed by atoms with Crippen LogP contribution in [0.1, 0.15) is 84.4 Å². The summed E-state index contributed by atoms with van der Waals surface area (Å²) >= 11 is 0. The zero-order valence-electron chi connectivity index (χ0n) is 25.8. The van der Waals surface area contributed by atoms with Crippen LogP contribution in [-0.4, -0.2) is 23.9 Å². The molecule has 2 aliphatic rings. The van der Waals surface area contributed by atoms with Crippen molar-refractivity contribution < 1.29 is 29.1 Å². The Morgan fingerprint density at radius 2 is 0.727 bits per heavy atom. The summed E-state index contributed by atoms with van der Waals surface area (Å²) in [4.78, 5) is 20.0. The van der Waals surface area contributed by atoms with Crippen molar-refractivity contribution in [2.45, 2.75) is 62.2 Å². The number of carbonyl (C=O) groups excluding carboxylic acids is 2. The van der Waals surface area contributed by atoms with Crippen LogP contribution in [-0.2, 0) is 29.1 Å². The Morgan fingerprint density at radius 1 is 0.500 bits per heavy atom. The Morgan fingerprint density at radius 3 is 0.909 bits per heavy atom. The standard InChI is InChI=1S/C34H36P2.C5H7O2.Rh/c1-5-13-27(14-6-1)31-21-22-32(28-15-7-2-8-16-28)35(31)25-26-36-33(29-17-9-3-10-18-29)23-24-34(36)30-19-11-4-12-20-30;1-4(6)3-5(2)7;/h1-20,31-34H,21-26H2;3H,1-2H3;/q;-1;/p+2/t31-,32-,33-,34-;;/m1../s1. The van der Waals surface area contributed by atoms with E-state index in [-0.39, 0.29) is 31.0 Å². The van der Waals surface area contributed by atoms with Gasteiger partial charge in [-0.1, -0.05) is 121 Å². The normalized spacial score (nSPS) is 21.5. The average Bonchev–Trinajstić information content (AvgIpc) is 3.66. The predicted octanol–water partition coefficient (Wildman–Crippen LogP) is 10.3. The second kappa shape index (κ2) is 17.3. The molecule has 0 spiro atoms. The topological polar surface area (TPSA) is 34.1 Å². The number of hydrogen-bond donors (Lipinski definition) is 0. The Balaban J connectivity index is 0.000000497. The molecule has 44 heavy (non-hydrogen) atoms. The van der Waals surface area contributed by atoms with Gasteiger partial charge in [0.2, 0.25) is 0 Å². The molecule has 4 aromatic rings. The van der Waals surface area contributed by atoms with Gasteiger partial charge in [0.15, 0.2) is 0 Å². The molecule has 231 valence electrons. The van der Waals surface area contributed by atoms with Crippen LogP contribution < -0.4 is 0 Å². The maximum absolute atomic E-state index is 9.98. The minimum absolute atomic E-state index is 0. The van der Waals surface area contributed by atoms with Crippen LogP contribution in [0.5, 0.6) is 0 Å². The van der Waals surface area contributed by atoms with Gasteiger partial charge >= 0.3 is 0 Å². The zero-order valence-corrected chi connectivity index (χ0v) is 29.5. The summed E-state index contributed by atoms with van der Waals surface area (Å²) in [5, 5.41) is 0. The first kappa shape index (κ1) is 34.4. The van der Waals surface area contributed by atoms with Gasteiger partial charge in [0.25, 0.3) is 0 Å². The van der Waals surface area contributed by atoms with Crippen LogP contribution in [0, 0.1) is 6.42 Å². The molecule has 2 aliphatic heterocycles. The Kier molecular flexibility index (Phi) is 13.6. The third-order valence-electron chi connectivity index (χ3n) is 9.20. The molecule has 4 aromatic carbocycles. The van der Waals surface area contributed by atoms with Crippen LogP contribution in [0.4, 0.5) is 0 Å². The molecule has 4 atom stereocenters. The van der Waals surface area contributed by atoms with Gasteiger partial charge in [0.1, 0.15) is 0 Å². The van der Waals surface area contributed by atoms with Crippen molar-refractivity contribution in [2.75, 3.05) is 12.3 Å². The maximum atomic E-state index is 9.98. The number of ketones is 2. The Labute approximate surface area is 279 Å². The van der Waals surface area contributed by atoms with E-state index in [1.165, 1.54) is 51.9 Å². The molecular formula is C39H45O2P2Rh+. The molecule has 2 heterocycles. The first-order chi connectivity index (χ1) is 21.0. The molecule has 0 amide bonds. The van der Waals surface area contributed by atoms with Crippen LogP contribution in [0.3, 0.4) is 0 Å². The maximum Gasteiger partial charge on any atom is 0.0931 e. The van der Waals surface area contributed by atoms with Gasteiger partial charge in [-0.3, -0.25) is 6.42 Å². The van der Waals surface area contributed by atoms with E-state index in [0.717, 1.165) is 29.1 Å². The van der Waals surface area contributed by atoms with Crippen molar-refractivity contribution >= 4 is 27.4 Å². The first-order valence-corrected chi connectivity index (χ1v) is 19.5. The predicted molar refractivity (Wildman–Crippen MR) is 187 cm³/mol. The van der Waals surface area contributed by atoms with Gasteiger partial charge in [0, 0.05) is 46.9 Å². The average molecular weight is 711 g/mol. The van der Waals surface area contributed by atoms with Gasteiger partial charge in [-0.25, -0.2) is 0 Å². The number of rotatable bonds is 9. The van der Waals surface area contributed by atoms with E-state index in [0.29, 0.717) is 0 Å². The summed E-state index contributed by atoms with van der Waals surface area (Å²) in [5.74, 6) is -0.375. The van der Waals surface area contributed by atoms with Crippen molar-refractivity contribution in [2.24, 2.45) is 0 Å². The largest absolute Gasteiger partial charge is 0.334 e. The minimum Gasteiger partial charge on any atom is -0.334 e. The zero-order chi connectivity index (χ0) is 30.0. The molecule has 0 bridgehead atoms. The van der Waals surface area contributed by atoms with Gasteiger partial charge in [-0.05, 0) is 61.8 Å². The number of hydrogen-bond acceptors (Lipinski definition) is 2. The molecule has 2 fully saturated rings.